The van der Waals surface area contributed by atoms with Gasteiger partial charge in [0, 0.05) is 6.61 Å². The highest BCUT2D eigenvalue weighted by molar-refractivity contribution is 5.81. The topological polar surface area (TPSA) is 73.9 Å². The van der Waals surface area contributed by atoms with Gasteiger partial charge >= 0.3 is 12.1 Å². The number of esters is 1. The molecule has 27 heavy (non-hydrogen) atoms. The molecule has 0 heterocycles. The standard InChI is InChI=1S/C21H33NO5/c1-14(2)13-25-18(17-11-9-8-10-12-17)16(4)26-19(23)15(3)22-20(24)27-21(5,6)7/h8-12,14-16,18H,13H2,1-7H3,(H,22,24)/t15-,16-,18-/m0/s1. The predicted octanol–water partition coefficient (Wildman–Crippen LogP) is 4.25. The monoisotopic (exact) mass is 379 g/mol. The number of alkyl carbamates (subject to hydrolysis) is 1. The molecule has 1 N–H and O–H groups in total. The third-order valence-electron chi connectivity index (χ3n) is 3.55. The number of hydrogen-bond acceptors (Lipinski definition) is 5. The Morgan fingerprint density at radius 3 is 2.15 bits per heavy atom. The van der Waals surface area contributed by atoms with Crippen LogP contribution in [0.5, 0.6) is 0 Å². The summed E-state index contributed by atoms with van der Waals surface area (Å²) in [5, 5.41) is 2.49. The lowest BCUT2D eigenvalue weighted by Gasteiger charge is -2.27. The maximum Gasteiger partial charge on any atom is 0.408 e. The molecular formula is C21H33NO5. The minimum atomic E-state index is -0.830. The molecule has 0 bridgehead atoms. The van der Waals surface area contributed by atoms with Gasteiger partial charge in [0.15, 0.2) is 0 Å². The first-order valence-corrected chi connectivity index (χ1v) is 9.36. The fourth-order valence-corrected chi connectivity index (χ4v) is 2.33. The van der Waals surface area contributed by atoms with Gasteiger partial charge in [-0.25, -0.2) is 9.59 Å². The summed E-state index contributed by atoms with van der Waals surface area (Å²) in [6.07, 6.45) is -1.55. The molecule has 0 aromatic heterocycles. The number of amides is 1. The van der Waals surface area contributed by atoms with E-state index >= 15 is 0 Å². The van der Waals surface area contributed by atoms with E-state index in [-0.39, 0.29) is 6.10 Å². The zero-order valence-electron chi connectivity index (χ0n) is 17.4. The second-order valence-electron chi connectivity index (χ2n) is 8.07. The fourth-order valence-electron chi connectivity index (χ4n) is 2.33. The summed E-state index contributed by atoms with van der Waals surface area (Å²) in [7, 11) is 0. The lowest BCUT2D eigenvalue weighted by atomic mass is 10.0. The van der Waals surface area contributed by atoms with Crippen LogP contribution in [0.15, 0.2) is 30.3 Å². The molecule has 152 valence electrons. The van der Waals surface area contributed by atoms with E-state index in [1.807, 2.05) is 30.3 Å². The van der Waals surface area contributed by atoms with E-state index in [4.69, 9.17) is 14.2 Å². The van der Waals surface area contributed by atoms with Crippen LogP contribution in [-0.2, 0) is 19.0 Å². The maximum absolute atomic E-state index is 12.4. The van der Waals surface area contributed by atoms with Gasteiger partial charge in [0.05, 0.1) is 0 Å². The van der Waals surface area contributed by atoms with Gasteiger partial charge in [0.1, 0.15) is 23.9 Å². The van der Waals surface area contributed by atoms with Crippen molar-refractivity contribution in [3.63, 3.8) is 0 Å². The van der Waals surface area contributed by atoms with E-state index in [0.29, 0.717) is 12.5 Å². The fraction of sp³-hybridized carbons (Fsp3) is 0.619. The molecule has 1 rings (SSSR count). The summed E-state index contributed by atoms with van der Waals surface area (Å²) >= 11 is 0. The van der Waals surface area contributed by atoms with Crippen LogP contribution in [0.1, 0.15) is 60.1 Å². The molecule has 0 aliphatic rings. The third-order valence-corrected chi connectivity index (χ3v) is 3.55. The predicted molar refractivity (Wildman–Crippen MR) is 104 cm³/mol. The van der Waals surface area contributed by atoms with Gasteiger partial charge < -0.3 is 19.5 Å². The summed E-state index contributed by atoms with van der Waals surface area (Å²) < 4.78 is 16.7. The second kappa shape index (κ2) is 10.3. The highest BCUT2D eigenvalue weighted by Gasteiger charge is 2.27. The Balaban J connectivity index is 2.71. The SMILES string of the molecule is CC(C)CO[C@H](c1ccccc1)[C@H](C)OC(=O)[C@H](C)NC(=O)OC(C)(C)C. The highest BCUT2D eigenvalue weighted by atomic mass is 16.6. The molecule has 1 aromatic carbocycles. The van der Waals surface area contributed by atoms with Crippen LogP contribution in [-0.4, -0.2) is 36.4 Å². The van der Waals surface area contributed by atoms with Gasteiger partial charge in [-0.1, -0.05) is 44.2 Å². The van der Waals surface area contributed by atoms with Crippen molar-refractivity contribution in [2.24, 2.45) is 5.92 Å². The van der Waals surface area contributed by atoms with Crippen molar-refractivity contribution < 1.29 is 23.8 Å². The number of benzene rings is 1. The van der Waals surface area contributed by atoms with E-state index < -0.39 is 29.8 Å². The Hall–Kier alpha value is -2.08. The molecule has 0 aliphatic heterocycles. The largest absolute Gasteiger partial charge is 0.458 e. The van der Waals surface area contributed by atoms with E-state index in [1.165, 1.54) is 0 Å². The van der Waals surface area contributed by atoms with Gasteiger partial charge in [-0.2, -0.15) is 0 Å². The summed E-state index contributed by atoms with van der Waals surface area (Å²) in [6, 6.07) is 8.82. The third kappa shape index (κ3) is 8.91. The zero-order chi connectivity index (χ0) is 20.6. The molecule has 6 nitrogen and oxygen atoms in total. The minimum Gasteiger partial charge on any atom is -0.458 e. The summed E-state index contributed by atoms with van der Waals surface area (Å²) in [5.74, 6) is -0.186. The van der Waals surface area contributed by atoms with E-state index in [2.05, 4.69) is 19.2 Å². The quantitative estimate of drug-likeness (QED) is 0.684. The highest BCUT2D eigenvalue weighted by Crippen LogP contribution is 2.24. The Morgan fingerprint density at radius 2 is 1.63 bits per heavy atom. The van der Waals surface area contributed by atoms with Crippen molar-refractivity contribution >= 4 is 12.1 Å². The van der Waals surface area contributed by atoms with E-state index in [1.54, 1.807) is 34.6 Å². The van der Waals surface area contributed by atoms with Crippen molar-refractivity contribution in [3.05, 3.63) is 35.9 Å². The number of rotatable bonds is 8. The average molecular weight is 379 g/mol. The molecule has 0 aliphatic carbocycles. The van der Waals surface area contributed by atoms with Crippen LogP contribution in [0.4, 0.5) is 4.79 Å². The van der Waals surface area contributed by atoms with E-state index in [9.17, 15) is 9.59 Å². The molecule has 0 radical (unpaired) electrons. The lowest BCUT2D eigenvalue weighted by molar-refractivity contribution is -0.159. The van der Waals surface area contributed by atoms with Gasteiger partial charge in [0.2, 0.25) is 0 Å². The van der Waals surface area contributed by atoms with Crippen LogP contribution >= 0.6 is 0 Å². The molecule has 1 aromatic rings. The van der Waals surface area contributed by atoms with Gasteiger partial charge in [-0.15, -0.1) is 0 Å². The number of ether oxygens (including phenoxy) is 3. The van der Waals surface area contributed by atoms with Crippen molar-refractivity contribution in [2.45, 2.75) is 72.3 Å². The van der Waals surface area contributed by atoms with E-state index in [0.717, 1.165) is 5.56 Å². The molecule has 0 fully saturated rings. The van der Waals surface area contributed by atoms with Gasteiger partial charge in [0.25, 0.3) is 0 Å². The first-order valence-electron chi connectivity index (χ1n) is 9.36. The molecule has 0 saturated heterocycles. The molecule has 6 heteroatoms. The molecular weight excluding hydrogens is 346 g/mol. The van der Waals surface area contributed by atoms with Crippen LogP contribution in [0.3, 0.4) is 0 Å². The lowest BCUT2D eigenvalue weighted by Crippen LogP contribution is -2.43. The first kappa shape index (κ1) is 23.0. The van der Waals surface area contributed by atoms with Crippen molar-refractivity contribution in [2.75, 3.05) is 6.61 Å². The Morgan fingerprint density at radius 1 is 1.04 bits per heavy atom. The van der Waals surface area contributed by atoms with Crippen LogP contribution < -0.4 is 5.32 Å². The normalized spacial score (nSPS) is 15.0. The van der Waals surface area contributed by atoms with Crippen molar-refractivity contribution in [1.82, 2.24) is 5.32 Å². The maximum atomic E-state index is 12.4. The number of nitrogens with one attached hydrogen (secondary N) is 1. The van der Waals surface area contributed by atoms with Crippen molar-refractivity contribution in [1.29, 1.82) is 0 Å². The molecule has 3 atom stereocenters. The van der Waals surface area contributed by atoms with Crippen molar-refractivity contribution in [3.8, 4) is 0 Å². The molecule has 0 unspecified atom stereocenters. The van der Waals surface area contributed by atoms with Crippen LogP contribution in [0.25, 0.3) is 0 Å². The summed E-state index contributed by atoms with van der Waals surface area (Å²) in [4.78, 5) is 24.2. The first-order chi connectivity index (χ1) is 12.5. The minimum absolute atomic E-state index is 0.354. The smallest absolute Gasteiger partial charge is 0.408 e. The van der Waals surface area contributed by atoms with Gasteiger partial charge in [-0.3, -0.25) is 0 Å². The zero-order valence-corrected chi connectivity index (χ0v) is 17.4. The molecule has 0 spiro atoms. The summed E-state index contributed by atoms with van der Waals surface area (Å²) in [5.41, 5.74) is 0.301. The average Bonchev–Trinajstić information content (AvgIpc) is 2.53. The Labute approximate surface area is 162 Å². The molecule has 1 amide bonds. The number of hydrogen-bond donors (Lipinski definition) is 1. The molecule has 0 saturated carbocycles. The second-order valence-corrected chi connectivity index (χ2v) is 8.07. The van der Waals surface area contributed by atoms with Crippen LogP contribution in [0.2, 0.25) is 0 Å². The number of carbonyl (C=O) groups is 2. The Kier molecular flexibility index (Phi) is 8.76. The summed E-state index contributed by atoms with van der Waals surface area (Å²) in [6.45, 7) is 13.3. The Bertz CT molecular complexity index is 594. The van der Waals surface area contributed by atoms with Crippen LogP contribution in [0, 0.1) is 5.92 Å². The van der Waals surface area contributed by atoms with Gasteiger partial charge in [-0.05, 0) is 46.1 Å². The number of carbonyl (C=O) groups excluding carboxylic acids is 2.